The minimum absolute atomic E-state index is 0.124. The maximum Gasteiger partial charge on any atom is 0.338 e. The first kappa shape index (κ1) is 21.3. The summed E-state index contributed by atoms with van der Waals surface area (Å²) in [5.74, 6) is -0.217. The molecule has 0 spiro atoms. The number of carbonyl (C=O) groups excluding carboxylic acids is 1. The molecule has 0 aliphatic heterocycles. The number of ether oxygens (including phenoxy) is 1. The summed E-state index contributed by atoms with van der Waals surface area (Å²) in [6.07, 6.45) is 3.40. The number of halogens is 1. The largest absolute Gasteiger partial charge is 0.478 e. The van der Waals surface area contributed by atoms with E-state index < -0.39 is 5.97 Å². The highest BCUT2D eigenvalue weighted by Gasteiger charge is 2.12. The van der Waals surface area contributed by atoms with Crippen LogP contribution in [0.5, 0.6) is 0 Å². The number of carboxylic acids is 1. The van der Waals surface area contributed by atoms with Gasteiger partial charge in [-0.15, -0.1) is 0 Å². The van der Waals surface area contributed by atoms with Gasteiger partial charge in [0, 0.05) is 16.0 Å². The molecule has 0 bridgehead atoms. The van der Waals surface area contributed by atoms with Crippen molar-refractivity contribution < 1.29 is 23.8 Å². The highest BCUT2D eigenvalue weighted by atomic mass is 35.5. The lowest BCUT2D eigenvalue weighted by molar-refractivity contribution is 0.0526. The third-order valence-electron chi connectivity index (χ3n) is 4.75. The smallest absolute Gasteiger partial charge is 0.338 e. The lowest BCUT2D eigenvalue weighted by atomic mass is 10.1. The van der Waals surface area contributed by atoms with Gasteiger partial charge in [0.25, 0.3) is 0 Å². The molecule has 0 aliphatic rings. The van der Waals surface area contributed by atoms with Gasteiger partial charge < -0.3 is 14.3 Å². The minimum Gasteiger partial charge on any atom is -0.478 e. The van der Waals surface area contributed by atoms with Crippen molar-refractivity contribution in [2.24, 2.45) is 0 Å². The molecule has 0 amide bonds. The van der Waals surface area contributed by atoms with Crippen molar-refractivity contribution in [2.45, 2.75) is 6.92 Å². The van der Waals surface area contributed by atoms with Gasteiger partial charge in [-0.3, -0.25) is 0 Å². The zero-order valence-corrected chi connectivity index (χ0v) is 17.8. The Labute approximate surface area is 188 Å². The second-order valence-corrected chi connectivity index (χ2v) is 7.33. The molecule has 0 fully saturated rings. The van der Waals surface area contributed by atoms with Crippen molar-refractivity contribution in [3.8, 4) is 11.3 Å². The van der Waals surface area contributed by atoms with E-state index in [-0.39, 0.29) is 11.5 Å². The number of carboxylic acid groups (broad SMARTS) is 1. The monoisotopic (exact) mass is 447 g/mol. The van der Waals surface area contributed by atoms with Crippen LogP contribution in [0.25, 0.3) is 34.4 Å². The summed E-state index contributed by atoms with van der Waals surface area (Å²) in [5, 5.41) is 10.5. The van der Waals surface area contributed by atoms with Gasteiger partial charge in [0.2, 0.25) is 0 Å². The SMILES string of the molecule is CCOC(=O)c1ccc(-c2ccc(C=Cc3cc(C(=O)O)c4cc(Cl)ccc4n3)o2)cc1. The Hall–Kier alpha value is -3.90. The van der Waals surface area contributed by atoms with Crippen molar-refractivity contribution in [1.82, 2.24) is 4.98 Å². The summed E-state index contributed by atoms with van der Waals surface area (Å²) in [5.41, 5.74) is 2.43. The molecule has 0 aliphatic carbocycles. The Morgan fingerprint density at radius 2 is 1.84 bits per heavy atom. The fraction of sp³-hybridized carbons (Fsp3) is 0.0800. The fourth-order valence-electron chi connectivity index (χ4n) is 3.23. The van der Waals surface area contributed by atoms with Gasteiger partial charge in [0.1, 0.15) is 11.5 Å². The van der Waals surface area contributed by atoms with Gasteiger partial charge >= 0.3 is 11.9 Å². The number of hydrogen-bond donors (Lipinski definition) is 1. The lowest BCUT2D eigenvalue weighted by Gasteiger charge is -2.05. The zero-order valence-electron chi connectivity index (χ0n) is 17.0. The van der Waals surface area contributed by atoms with Crippen LogP contribution in [0.15, 0.2) is 65.1 Å². The first-order chi connectivity index (χ1) is 15.4. The number of furan rings is 1. The standard InChI is InChI=1S/C25H18ClNO5/c1-2-31-25(30)16-5-3-15(4-6-16)23-12-10-19(32-23)9-8-18-14-21(24(28)29)20-13-17(26)7-11-22(20)27-18/h3-14H,2H2,1H3,(H,28,29). The quantitative estimate of drug-likeness (QED) is 0.354. The summed E-state index contributed by atoms with van der Waals surface area (Å²) in [6.45, 7) is 2.08. The highest BCUT2D eigenvalue weighted by molar-refractivity contribution is 6.31. The molecule has 4 aromatic rings. The van der Waals surface area contributed by atoms with E-state index in [2.05, 4.69) is 4.98 Å². The van der Waals surface area contributed by atoms with E-state index >= 15 is 0 Å². The van der Waals surface area contributed by atoms with Crippen LogP contribution in [0.2, 0.25) is 5.02 Å². The molecule has 0 atom stereocenters. The zero-order chi connectivity index (χ0) is 22.7. The van der Waals surface area contributed by atoms with Gasteiger partial charge in [0.05, 0.1) is 28.9 Å². The molecule has 0 unspecified atom stereocenters. The summed E-state index contributed by atoms with van der Waals surface area (Å²) < 4.78 is 10.8. The molecule has 0 saturated carbocycles. The van der Waals surface area contributed by atoms with Crippen LogP contribution in [0, 0.1) is 0 Å². The molecule has 4 rings (SSSR count). The predicted octanol–water partition coefficient (Wildman–Crippen LogP) is 6.19. The average Bonchev–Trinajstić information content (AvgIpc) is 3.26. The van der Waals surface area contributed by atoms with Crippen molar-refractivity contribution >= 4 is 46.6 Å². The maximum atomic E-state index is 11.8. The van der Waals surface area contributed by atoms with Crippen LogP contribution in [0.1, 0.15) is 39.1 Å². The number of hydrogen-bond acceptors (Lipinski definition) is 5. The van der Waals surface area contributed by atoms with Gasteiger partial charge in [-0.25, -0.2) is 14.6 Å². The lowest BCUT2D eigenvalue weighted by Crippen LogP contribution is -2.03. The molecule has 6 nitrogen and oxygen atoms in total. The number of aromatic nitrogens is 1. The van der Waals surface area contributed by atoms with Gasteiger partial charge in [-0.2, -0.15) is 0 Å². The number of esters is 1. The van der Waals surface area contributed by atoms with Crippen LogP contribution in [0.3, 0.4) is 0 Å². The number of fused-ring (bicyclic) bond motifs is 1. The molecule has 2 aromatic heterocycles. The fourth-order valence-corrected chi connectivity index (χ4v) is 3.40. The van der Waals surface area contributed by atoms with Crippen LogP contribution in [0.4, 0.5) is 0 Å². The maximum absolute atomic E-state index is 11.8. The Morgan fingerprint density at radius 3 is 2.56 bits per heavy atom. The average molecular weight is 448 g/mol. The Kier molecular flexibility index (Phi) is 6.05. The minimum atomic E-state index is -1.05. The van der Waals surface area contributed by atoms with E-state index in [0.29, 0.717) is 45.3 Å². The Balaban J connectivity index is 1.58. The second kappa shape index (κ2) is 9.08. The summed E-state index contributed by atoms with van der Waals surface area (Å²) in [6, 6.07) is 17.0. The van der Waals surface area contributed by atoms with Gasteiger partial charge in [-0.1, -0.05) is 23.7 Å². The Morgan fingerprint density at radius 1 is 1.06 bits per heavy atom. The number of benzene rings is 2. The molecular formula is C25H18ClNO5. The molecule has 32 heavy (non-hydrogen) atoms. The first-order valence-corrected chi connectivity index (χ1v) is 10.2. The molecule has 7 heteroatoms. The molecule has 160 valence electrons. The molecular weight excluding hydrogens is 430 g/mol. The third kappa shape index (κ3) is 4.55. The highest BCUT2D eigenvalue weighted by Crippen LogP contribution is 2.26. The van der Waals surface area contributed by atoms with E-state index in [1.54, 1.807) is 67.6 Å². The first-order valence-electron chi connectivity index (χ1n) is 9.83. The molecule has 2 heterocycles. The predicted molar refractivity (Wildman–Crippen MR) is 123 cm³/mol. The number of rotatable bonds is 6. The van der Waals surface area contributed by atoms with E-state index in [1.165, 1.54) is 6.07 Å². The van der Waals surface area contributed by atoms with Crippen molar-refractivity contribution in [1.29, 1.82) is 0 Å². The topological polar surface area (TPSA) is 89.6 Å². The van der Waals surface area contributed by atoms with Gasteiger partial charge in [-0.05, 0) is 67.6 Å². The van der Waals surface area contributed by atoms with Crippen LogP contribution in [-0.2, 0) is 4.74 Å². The van der Waals surface area contributed by atoms with E-state index in [4.69, 9.17) is 20.8 Å². The van der Waals surface area contributed by atoms with E-state index in [9.17, 15) is 14.7 Å². The van der Waals surface area contributed by atoms with Crippen LogP contribution in [-0.4, -0.2) is 28.6 Å². The van der Waals surface area contributed by atoms with Crippen LogP contribution >= 0.6 is 11.6 Å². The molecule has 0 saturated heterocycles. The van der Waals surface area contributed by atoms with Crippen molar-refractivity contribution in [3.63, 3.8) is 0 Å². The molecule has 0 radical (unpaired) electrons. The Bertz CT molecular complexity index is 1340. The number of pyridine rings is 1. The number of nitrogens with zero attached hydrogens (tertiary/aromatic N) is 1. The van der Waals surface area contributed by atoms with Crippen molar-refractivity contribution in [2.75, 3.05) is 6.61 Å². The molecule has 1 N–H and O–H groups in total. The second-order valence-electron chi connectivity index (χ2n) is 6.89. The normalized spacial score (nSPS) is 11.2. The van der Waals surface area contributed by atoms with E-state index in [1.807, 2.05) is 6.07 Å². The van der Waals surface area contributed by atoms with E-state index in [0.717, 1.165) is 5.56 Å². The van der Waals surface area contributed by atoms with Gasteiger partial charge in [0.15, 0.2) is 0 Å². The molecule has 2 aromatic carbocycles. The number of carbonyl (C=O) groups is 2. The summed E-state index contributed by atoms with van der Waals surface area (Å²) in [4.78, 5) is 27.9. The van der Waals surface area contributed by atoms with Crippen molar-refractivity contribution in [3.05, 3.63) is 88.3 Å². The summed E-state index contributed by atoms with van der Waals surface area (Å²) >= 11 is 6.00. The third-order valence-corrected chi connectivity index (χ3v) is 4.98. The summed E-state index contributed by atoms with van der Waals surface area (Å²) in [7, 11) is 0. The van der Waals surface area contributed by atoms with Crippen LogP contribution < -0.4 is 0 Å². The number of aromatic carboxylic acids is 1.